The molecule has 2 aromatic carbocycles. The first-order chi connectivity index (χ1) is 9.20. The minimum absolute atomic E-state index is 0.337. The van der Waals surface area contributed by atoms with Crippen molar-refractivity contribution in [1.82, 2.24) is 4.90 Å². The molecular weight excluding hydrogens is 234 g/mol. The lowest BCUT2D eigenvalue weighted by Gasteiger charge is -2.35. The molecule has 0 amide bonds. The van der Waals surface area contributed by atoms with Crippen LogP contribution in [0.25, 0.3) is 10.8 Å². The Balaban J connectivity index is 1.77. The van der Waals surface area contributed by atoms with Crippen LogP contribution in [0.1, 0.15) is 19.4 Å². The third-order valence-corrected chi connectivity index (χ3v) is 3.72. The Kier molecular flexibility index (Phi) is 3.54. The lowest BCUT2D eigenvalue weighted by Crippen LogP contribution is -2.44. The van der Waals surface area contributed by atoms with Crippen LogP contribution < -0.4 is 0 Å². The van der Waals surface area contributed by atoms with Crippen LogP contribution in [0.15, 0.2) is 42.5 Å². The monoisotopic (exact) mass is 255 g/mol. The number of nitrogens with zero attached hydrogens (tertiary/aromatic N) is 1. The second-order valence-electron chi connectivity index (χ2n) is 5.63. The van der Waals surface area contributed by atoms with E-state index in [0.717, 1.165) is 19.6 Å². The number of benzene rings is 2. The predicted molar refractivity (Wildman–Crippen MR) is 79.2 cm³/mol. The molecule has 0 unspecified atom stereocenters. The molecule has 0 aliphatic carbocycles. The van der Waals surface area contributed by atoms with Crippen molar-refractivity contribution in [2.45, 2.75) is 32.6 Å². The van der Waals surface area contributed by atoms with Gasteiger partial charge in [-0.3, -0.25) is 4.90 Å². The molecule has 0 aromatic heterocycles. The van der Waals surface area contributed by atoms with Gasteiger partial charge in [-0.25, -0.2) is 0 Å². The van der Waals surface area contributed by atoms with Gasteiger partial charge in [-0.1, -0.05) is 36.4 Å². The van der Waals surface area contributed by atoms with Gasteiger partial charge >= 0.3 is 0 Å². The summed E-state index contributed by atoms with van der Waals surface area (Å²) in [6, 6.07) is 15.3. The zero-order chi connectivity index (χ0) is 13.2. The highest BCUT2D eigenvalue weighted by molar-refractivity contribution is 5.82. The molecule has 0 N–H and O–H groups in total. The van der Waals surface area contributed by atoms with Crippen LogP contribution in [-0.2, 0) is 11.3 Å². The molecule has 2 heteroatoms. The number of morpholine rings is 1. The van der Waals surface area contributed by atoms with Crippen molar-refractivity contribution in [3.63, 3.8) is 0 Å². The summed E-state index contributed by atoms with van der Waals surface area (Å²) in [6.07, 6.45) is 0.674. The van der Waals surface area contributed by atoms with Crippen LogP contribution in [-0.4, -0.2) is 30.2 Å². The third kappa shape index (κ3) is 2.96. The van der Waals surface area contributed by atoms with E-state index in [1.54, 1.807) is 0 Å². The van der Waals surface area contributed by atoms with Crippen molar-refractivity contribution in [1.29, 1.82) is 0 Å². The van der Waals surface area contributed by atoms with Crippen LogP contribution >= 0.6 is 0 Å². The highest BCUT2D eigenvalue weighted by Crippen LogP contribution is 2.19. The minimum Gasteiger partial charge on any atom is -0.373 e. The van der Waals surface area contributed by atoms with Gasteiger partial charge < -0.3 is 4.74 Å². The molecule has 2 aromatic rings. The maximum absolute atomic E-state index is 5.78. The molecule has 1 fully saturated rings. The summed E-state index contributed by atoms with van der Waals surface area (Å²) < 4.78 is 5.78. The van der Waals surface area contributed by atoms with Crippen molar-refractivity contribution < 1.29 is 4.74 Å². The number of hydrogen-bond acceptors (Lipinski definition) is 2. The van der Waals surface area contributed by atoms with Crippen LogP contribution in [0.3, 0.4) is 0 Å². The Labute approximate surface area is 115 Å². The predicted octanol–water partition coefficient (Wildman–Crippen LogP) is 3.45. The van der Waals surface area contributed by atoms with E-state index in [4.69, 9.17) is 4.74 Å². The van der Waals surface area contributed by atoms with E-state index in [1.165, 1.54) is 16.3 Å². The summed E-state index contributed by atoms with van der Waals surface area (Å²) in [6.45, 7) is 7.38. The maximum atomic E-state index is 5.78. The molecule has 2 atom stereocenters. The topological polar surface area (TPSA) is 12.5 Å². The summed E-state index contributed by atoms with van der Waals surface area (Å²) in [4.78, 5) is 2.49. The first kappa shape index (κ1) is 12.6. The number of rotatable bonds is 2. The van der Waals surface area contributed by atoms with E-state index in [1.807, 2.05) is 0 Å². The Hall–Kier alpha value is -1.38. The largest absolute Gasteiger partial charge is 0.373 e. The summed E-state index contributed by atoms with van der Waals surface area (Å²) in [5.74, 6) is 0. The van der Waals surface area contributed by atoms with Gasteiger partial charge in [0.15, 0.2) is 0 Å². The van der Waals surface area contributed by atoms with Crippen LogP contribution in [0.5, 0.6) is 0 Å². The third-order valence-electron chi connectivity index (χ3n) is 3.72. The van der Waals surface area contributed by atoms with Gasteiger partial charge in [0, 0.05) is 19.6 Å². The molecular formula is C17H21NO. The van der Waals surface area contributed by atoms with Gasteiger partial charge in [0.2, 0.25) is 0 Å². The first-order valence-electron chi connectivity index (χ1n) is 7.06. The molecule has 0 radical (unpaired) electrons. The molecule has 1 aliphatic rings. The van der Waals surface area contributed by atoms with Gasteiger partial charge in [0.05, 0.1) is 12.2 Å². The zero-order valence-electron chi connectivity index (χ0n) is 11.7. The summed E-state index contributed by atoms with van der Waals surface area (Å²) in [7, 11) is 0. The zero-order valence-corrected chi connectivity index (χ0v) is 11.7. The molecule has 1 aliphatic heterocycles. The van der Waals surface area contributed by atoms with Gasteiger partial charge in [0.25, 0.3) is 0 Å². The van der Waals surface area contributed by atoms with Gasteiger partial charge in [-0.2, -0.15) is 0 Å². The average Bonchev–Trinajstić information content (AvgIpc) is 2.37. The lowest BCUT2D eigenvalue weighted by atomic mass is 10.1. The quantitative estimate of drug-likeness (QED) is 0.815. The van der Waals surface area contributed by atoms with Gasteiger partial charge in [-0.15, -0.1) is 0 Å². The van der Waals surface area contributed by atoms with E-state index >= 15 is 0 Å². The standard InChI is InChI=1S/C17H21NO/c1-13-10-18(11-14(2)19-13)12-15-7-8-16-5-3-4-6-17(16)9-15/h3-9,13-14H,10-12H2,1-2H3/t13-,14-/m1/s1. The molecule has 0 saturated carbocycles. The van der Waals surface area contributed by atoms with Gasteiger partial charge in [0.1, 0.15) is 0 Å². The average molecular weight is 255 g/mol. The molecule has 1 heterocycles. The summed E-state index contributed by atoms with van der Waals surface area (Å²) >= 11 is 0. The highest BCUT2D eigenvalue weighted by atomic mass is 16.5. The Morgan fingerprint density at radius 2 is 1.68 bits per heavy atom. The number of hydrogen-bond donors (Lipinski definition) is 0. The van der Waals surface area contributed by atoms with E-state index in [9.17, 15) is 0 Å². The van der Waals surface area contributed by atoms with Gasteiger partial charge in [-0.05, 0) is 36.2 Å². The molecule has 0 spiro atoms. The fraction of sp³-hybridized carbons (Fsp3) is 0.412. The maximum Gasteiger partial charge on any atom is 0.0678 e. The van der Waals surface area contributed by atoms with Crippen molar-refractivity contribution in [3.8, 4) is 0 Å². The second kappa shape index (κ2) is 5.32. The molecule has 19 heavy (non-hydrogen) atoms. The molecule has 100 valence electrons. The SMILES string of the molecule is C[C@@H]1CN(Cc2ccc3ccccc3c2)C[C@@H](C)O1. The van der Waals surface area contributed by atoms with E-state index in [-0.39, 0.29) is 0 Å². The molecule has 1 saturated heterocycles. The highest BCUT2D eigenvalue weighted by Gasteiger charge is 2.21. The number of fused-ring (bicyclic) bond motifs is 1. The van der Waals surface area contributed by atoms with E-state index in [0.29, 0.717) is 12.2 Å². The smallest absolute Gasteiger partial charge is 0.0678 e. The van der Waals surface area contributed by atoms with Crippen molar-refractivity contribution >= 4 is 10.8 Å². The minimum atomic E-state index is 0.337. The van der Waals surface area contributed by atoms with Crippen molar-refractivity contribution in [2.24, 2.45) is 0 Å². The lowest BCUT2D eigenvalue weighted by molar-refractivity contribution is -0.0704. The van der Waals surface area contributed by atoms with Crippen LogP contribution in [0.4, 0.5) is 0 Å². The Morgan fingerprint density at radius 1 is 1.00 bits per heavy atom. The first-order valence-corrected chi connectivity index (χ1v) is 7.06. The normalized spacial score (nSPS) is 24.7. The fourth-order valence-electron chi connectivity index (χ4n) is 3.01. The Morgan fingerprint density at radius 3 is 2.42 bits per heavy atom. The molecule has 0 bridgehead atoms. The van der Waals surface area contributed by atoms with Crippen molar-refractivity contribution in [3.05, 3.63) is 48.0 Å². The van der Waals surface area contributed by atoms with Crippen LogP contribution in [0.2, 0.25) is 0 Å². The summed E-state index contributed by atoms with van der Waals surface area (Å²) in [5.41, 5.74) is 1.39. The van der Waals surface area contributed by atoms with Crippen molar-refractivity contribution in [2.75, 3.05) is 13.1 Å². The second-order valence-corrected chi connectivity index (χ2v) is 5.63. The summed E-state index contributed by atoms with van der Waals surface area (Å²) in [5, 5.41) is 2.64. The number of ether oxygens (including phenoxy) is 1. The van der Waals surface area contributed by atoms with E-state index < -0.39 is 0 Å². The van der Waals surface area contributed by atoms with E-state index in [2.05, 4.69) is 61.2 Å². The molecule has 2 nitrogen and oxygen atoms in total. The Bertz CT molecular complexity index is 556. The van der Waals surface area contributed by atoms with Crippen LogP contribution in [0, 0.1) is 0 Å². The molecule has 3 rings (SSSR count). The fourth-order valence-corrected chi connectivity index (χ4v) is 3.01.